The zero-order valence-electron chi connectivity index (χ0n) is 16.3. The molecular formula is C17H20ClN3O8S2. The molecule has 0 aliphatic carbocycles. The van der Waals surface area contributed by atoms with Gasteiger partial charge in [-0.2, -0.15) is 0 Å². The van der Waals surface area contributed by atoms with Gasteiger partial charge in [0, 0.05) is 29.4 Å². The van der Waals surface area contributed by atoms with Gasteiger partial charge >= 0.3 is 0 Å². The average Bonchev–Trinajstić information content (AvgIpc) is 2.71. The highest BCUT2D eigenvalue weighted by molar-refractivity contribution is 8.13. The number of nitrogens with one attached hydrogen (secondary N) is 1. The van der Waals surface area contributed by atoms with E-state index in [9.17, 15) is 37.1 Å². The van der Waals surface area contributed by atoms with E-state index in [1.807, 2.05) is 6.92 Å². The van der Waals surface area contributed by atoms with Crippen LogP contribution in [-0.2, 0) is 19.1 Å². The van der Waals surface area contributed by atoms with Crippen molar-refractivity contribution in [2.45, 2.75) is 36.0 Å². The maximum absolute atomic E-state index is 11.9. The Bertz CT molecular complexity index is 1140. The Labute approximate surface area is 183 Å². The van der Waals surface area contributed by atoms with Gasteiger partial charge in [-0.3, -0.25) is 20.2 Å². The summed E-state index contributed by atoms with van der Waals surface area (Å²) in [6.07, 6.45) is 2.61. The summed E-state index contributed by atoms with van der Waals surface area (Å²) < 4.78 is 47.8. The van der Waals surface area contributed by atoms with Crippen LogP contribution in [0.3, 0.4) is 0 Å². The molecule has 2 rings (SSSR count). The number of halogens is 1. The fourth-order valence-electron chi connectivity index (χ4n) is 2.31. The van der Waals surface area contributed by atoms with E-state index < -0.39 is 45.2 Å². The maximum Gasteiger partial charge on any atom is 0.289 e. The molecule has 14 heteroatoms. The number of nitro groups is 2. The summed E-state index contributed by atoms with van der Waals surface area (Å²) in [5.74, 6) is 0. The molecule has 0 spiro atoms. The number of benzene rings is 2. The highest BCUT2D eigenvalue weighted by Crippen LogP contribution is 2.25. The minimum Gasteiger partial charge on any atom is -0.258 e. The van der Waals surface area contributed by atoms with Crippen LogP contribution in [0.25, 0.3) is 0 Å². The second-order valence-electron chi connectivity index (χ2n) is 5.99. The van der Waals surface area contributed by atoms with Gasteiger partial charge in [-0.05, 0) is 18.6 Å². The quantitative estimate of drug-likeness (QED) is 0.239. The first kappa shape index (κ1) is 26.4. The number of unbranched alkanes of at least 4 members (excludes halogenated alkanes) is 2. The van der Waals surface area contributed by atoms with Gasteiger partial charge < -0.3 is 0 Å². The van der Waals surface area contributed by atoms with Crippen LogP contribution in [0.4, 0.5) is 11.4 Å². The lowest BCUT2D eigenvalue weighted by Crippen LogP contribution is -2.25. The minimum atomic E-state index is -4.05. The van der Waals surface area contributed by atoms with Gasteiger partial charge in [0.25, 0.3) is 20.4 Å². The molecule has 11 nitrogen and oxygen atoms in total. The summed E-state index contributed by atoms with van der Waals surface area (Å²) in [5.41, 5.74) is -0.919. The summed E-state index contributed by atoms with van der Waals surface area (Å²) >= 11 is 0. The molecule has 0 aliphatic rings. The van der Waals surface area contributed by atoms with Crippen LogP contribution in [0.5, 0.6) is 0 Å². The smallest absolute Gasteiger partial charge is 0.258 e. The molecule has 2 aromatic carbocycles. The van der Waals surface area contributed by atoms with Crippen molar-refractivity contribution in [2.75, 3.05) is 6.54 Å². The summed E-state index contributed by atoms with van der Waals surface area (Å²) in [4.78, 5) is 18.8. The number of nitrogens with zero attached hydrogens (tertiary/aromatic N) is 2. The van der Waals surface area contributed by atoms with E-state index in [2.05, 4.69) is 4.72 Å². The Hall–Kier alpha value is -2.61. The van der Waals surface area contributed by atoms with Gasteiger partial charge in [0.2, 0.25) is 10.0 Å². The van der Waals surface area contributed by atoms with E-state index in [-0.39, 0.29) is 4.90 Å². The average molecular weight is 494 g/mol. The van der Waals surface area contributed by atoms with Gasteiger partial charge in [-0.1, -0.05) is 44.0 Å². The molecule has 0 aromatic heterocycles. The van der Waals surface area contributed by atoms with E-state index in [0.29, 0.717) is 6.54 Å². The molecule has 0 radical (unpaired) electrons. The number of hydrogen-bond donors (Lipinski definition) is 1. The summed E-state index contributed by atoms with van der Waals surface area (Å²) in [6.45, 7) is 2.30. The predicted octanol–water partition coefficient (Wildman–Crippen LogP) is 3.59. The Morgan fingerprint density at radius 3 is 1.71 bits per heavy atom. The highest BCUT2D eigenvalue weighted by Gasteiger charge is 2.24. The number of sulfonamides is 1. The summed E-state index contributed by atoms with van der Waals surface area (Å²) in [7, 11) is -2.88. The molecule has 0 saturated heterocycles. The normalized spacial score (nSPS) is 11.3. The van der Waals surface area contributed by atoms with Gasteiger partial charge in [0.1, 0.15) is 0 Å². The molecule has 0 amide bonds. The van der Waals surface area contributed by atoms with E-state index in [1.165, 1.54) is 36.4 Å². The predicted molar refractivity (Wildman–Crippen MR) is 114 cm³/mol. The fourth-order valence-corrected chi connectivity index (χ4v) is 4.58. The van der Waals surface area contributed by atoms with Gasteiger partial charge in [0.15, 0.2) is 9.79 Å². The highest BCUT2D eigenvalue weighted by atomic mass is 35.7. The lowest BCUT2D eigenvalue weighted by Gasteiger charge is -2.06. The Morgan fingerprint density at radius 2 is 1.29 bits per heavy atom. The number of para-hydroxylation sites is 2. The van der Waals surface area contributed by atoms with Crippen molar-refractivity contribution in [1.29, 1.82) is 0 Å². The second-order valence-corrected chi connectivity index (χ2v) is 10.3. The van der Waals surface area contributed by atoms with Crippen LogP contribution in [-0.4, -0.2) is 33.2 Å². The third kappa shape index (κ3) is 8.20. The molecule has 0 atom stereocenters. The van der Waals surface area contributed by atoms with Crippen molar-refractivity contribution in [2.24, 2.45) is 0 Å². The second kappa shape index (κ2) is 11.7. The van der Waals surface area contributed by atoms with Crippen molar-refractivity contribution in [3.05, 3.63) is 68.8 Å². The van der Waals surface area contributed by atoms with Crippen molar-refractivity contribution >= 4 is 41.1 Å². The number of rotatable bonds is 9. The van der Waals surface area contributed by atoms with E-state index >= 15 is 0 Å². The van der Waals surface area contributed by atoms with Crippen molar-refractivity contribution in [3.63, 3.8) is 0 Å². The summed E-state index contributed by atoms with van der Waals surface area (Å²) in [6, 6.07) is 10.2. The van der Waals surface area contributed by atoms with Crippen molar-refractivity contribution in [1.82, 2.24) is 4.72 Å². The summed E-state index contributed by atoms with van der Waals surface area (Å²) in [5, 5.41) is 21.1. The maximum atomic E-state index is 11.9. The first-order chi connectivity index (χ1) is 14.4. The molecule has 0 fully saturated rings. The van der Waals surface area contributed by atoms with E-state index in [1.54, 1.807) is 0 Å². The lowest BCUT2D eigenvalue weighted by molar-refractivity contribution is -0.388. The zero-order valence-corrected chi connectivity index (χ0v) is 18.7. The number of nitro benzene ring substituents is 2. The van der Waals surface area contributed by atoms with E-state index in [4.69, 9.17) is 10.7 Å². The number of hydrogen-bond acceptors (Lipinski definition) is 8. The van der Waals surface area contributed by atoms with Crippen LogP contribution < -0.4 is 4.72 Å². The molecule has 0 heterocycles. The Kier molecular flexibility index (Phi) is 9.97. The van der Waals surface area contributed by atoms with Crippen LogP contribution in [0.1, 0.15) is 26.2 Å². The minimum absolute atomic E-state index is 0.286. The molecule has 0 unspecified atom stereocenters. The molecule has 0 saturated carbocycles. The fraction of sp³-hybridized carbons (Fsp3) is 0.294. The Balaban J connectivity index is 0.000000327. The molecular weight excluding hydrogens is 474 g/mol. The molecule has 170 valence electrons. The monoisotopic (exact) mass is 493 g/mol. The SMILES string of the molecule is CCCCCNS(=O)(=O)c1ccccc1[N+](=O)[O-].O=[N+]([O-])c1ccccc1S(=O)(=O)Cl. The van der Waals surface area contributed by atoms with Crippen molar-refractivity contribution < 1.29 is 26.7 Å². The molecule has 1 N–H and O–H groups in total. The van der Waals surface area contributed by atoms with Crippen LogP contribution >= 0.6 is 10.7 Å². The third-order valence-corrected chi connectivity index (χ3v) is 6.63. The van der Waals surface area contributed by atoms with Gasteiger partial charge in [0.05, 0.1) is 9.85 Å². The van der Waals surface area contributed by atoms with Gasteiger partial charge in [-0.15, -0.1) is 0 Å². The van der Waals surface area contributed by atoms with Crippen LogP contribution in [0.15, 0.2) is 58.3 Å². The zero-order chi connectivity index (χ0) is 23.7. The largest absolute Gasteiger partial charge is 0.289 e. The Morgan fingerprint density at radius 1 is 0.839 bits per heavy atom. The van der Waals surface area contributed by atoms with Crippen LogP contribution in [0.2, 0.25) is 0 Å². The van der Waals surface area contributed by atoms with E-state index in [0.717, 1.165) is 31.4 Å². The molecule has 0 aliphatic heterocycles. The molecule has 2 aromatic rings. The topological polar surface area (TPSA) is 167 Å². The van der Waals surface area contributed by atoms with Gasteiger partial charge in [-0.25, -0.2) is 21.6 Å². The standard InChI is InChI=1S/C11H16N2O4S.C6H4ClNO4S/c1-2-3-6-9-12-18(16,17)11-8-5-4-7-10(11)13(14)15;7-13(11,12)6-4-2-1-3-5(6)8(9)10/h4-5,7-8,12H,2-3,6,9H2,1H3;1-4H. The molecule has 31 heavy (non-hydrogen) atoms. The van der Waals surface area contributed by atoms with Crippen molar-refractivity contribution in [3.8, 4) is 0 Å². The molecule has 0 bridgehead atoms. The first-order valence-corrected chi connectivity index (χ1v) is 12.6. The first-order valence-electron chi connectivity index (χ1n) is 8.83. The lowest BCUT2D eigenvalue weighted by atomic mass is 10.3. The van der Waals surface area contributed by atoms with Crippen LogP contribution in [0, 0.1) is 20.2 Å². The third-order valence-electron chi connectivity index (χ3n) is 3.75.